The minimum absolute atomic E-state index is 0.216. The summed E-state index contributed by atoms with van der Waals surface area (Å²) >= 11 is 1.34. The third kappa shape index (κ3) is 5.91. The largest absolute Gasteiger partial charge is 0.493 e. The number of nitrogens with zero attached hydrogens (tertiary/aromatic N) is 1. The van der Waals surface area contributed by atoms with E-state index in [1.165, 1.54) is 29.5 Å². The van der Waals surface area contributed by atoms with E-state index in [0.29, 0.717) is 22.2 Å². The van der Waals surface area contributed by atoms with E-state index in [1.807, 2.05) is 18.2 Å². The van der Waals surface area contributed by atoms with Gasteiger partial charge in [-0.1, -0.05) is 31.0 Å². The van der Waals surface area contributed by atoms with Crippen LogP contribution >= 0.6 is 11.3 Å². The average molecular weight is 484 g/mol. The lowest BCUT2D eigenvalue weighted by Crippen LogP contribution is -2.53. The Kier molecular flexibility index (Phi) is 7.74. The van der Waals surface area contributed by atoms with Crippen molar-refractivity contribution in [3.8, 4) is 11.5 Å². The first-order valence-electron chi connectivity index (χ1n) is 11.1. The van der Waals surface area contributed by atoms with Crippen molar-refractivity contribution in [3.63, 3.8) is 0 Å². The summed E-state index contributed by atoms with van der Waals surface area (Å²) in [4.78, 5) is 29.8. The Balaban J connectivity index is 1.35. The minimum atomic E-state index is -0.463. The molecule has 1 aliphatic rings. The zero-order valence-corrected chi connectivity index (χ0v) is 19.6. The Morgan fingerprint density at radius 2 is 1.74 bits per heavy atom. The van der Waals surface area contributed by atoms with Gasteiger partial charge in [-0.2, -0.15) is 0 Å². The van der Waals surface area contributed by atoms with Crippen LogP contribution in [0.2, 0.25) is 0 Å². The third-order valence-corrected chi connectivity index (χ3v) is 6.51. The molecule has 0 aliphatic heterocycles. The van der Waals surface area contributed by atoms with Crippen LogP contribution in [0, 0.1) is 5.82 Å². The van der Waals surface area contributed by atoms with Gasteiger partial charge in [-0.3, -0.25) is 9.59 Å². The summed E-state index contributed by atoms with van der Waals surface area (Å²) in [6, 6.07) is 12.4. The number of carbonyl (C=O) groups excluding carboxylic acids is 2. The molecule has 3 aromatic rings. The van der Waals surface area contributed by atoms with E-state index in [1.54, 1.807) is 24.6 Å². The van der Waals surface area contributed by atoms with Crippen molar-refractivity contribution in [1.82, 2.24) is 15.6 Å². The van der Waals surface area contributed by atoms with E-state index in [9.17, 15) is 14.0 Å². The fraction of sp³-hybridized carbons (Fsp3) is 0.320. The van der Waals surface area contributed by atoms with Crippen molar-refractivity contribution < 1.29 is 23.5 Å². The summed E-state index contributed by atoms with van der Waals surface area (Å²) in [5, 5.41) is 8.32. The Morgan fingerprint density at radius 3 is 2.44 bits per heavy atom. The molecule has 0 unspecified atom stereocenters. The Labute approximate surface area is 201 Å². The van der Waals surface area contributed by atoms with E-state index < -0.39 is 5.82 Å². The van der Waals surface area contributed by atoms with Gasteiger partial charge in [0.1, 0.15) is 23.1 Å². The number of nitrogens with one attached hydrogen (secondary N) is 2. The molecule has 2 atom stereocenters. The lowest BCUT2D eigenvalue weighted by molar-refractivity contribution is 0.0860. The number of amides is 2. The van der Waals surface area contributed by atoms with Gasteiger partial charge in [-0.25, -0.2) is 9.37 Å². The second kappa shape index (κ2) is 11.1. The second-order valence-electron chi connectivity index (χ2n) is 8.02. The molecule has 34 heavy (non-hydrogen) atoms. The van der Waals surface area contributed by atoms with Crippen LogP contribution in [0.25, 0.3) is 0 Å². The molecule has 2 aromatic carbocycles. The fourth-order valence-electron chi connectivity index (χ4n) is 3.96. The number of para-hydroxylation sites is 2. The molecule has 1 fully saturated rings. The third-order valence-electron chi connectivity index (χ3n) is 5.69. The van der Waals surface area contributed by atoms with Gasteiger partial charge in [0.25, 0.3) is 11.8 Å². The van der Waals surface area contributed by atoms with E-state index in [0.717, 1.165) is 25.7 Å². The first-order chi connectivity index (χ1) is 16.5. The fourth-order valence-corrected chi connectivity index (χ4v) is 4.64. The molecule has 9 heteroatoms. The number of hydrogen-bond donors (Lipinski definition) is 2. The maximum absolute atomic E-state index is 13.5. The summed E-state index contributed by atoms with van der Waals surface area (Å²) in [5.41, 5.74) is 0.569. The molecule has 4 rings (SSSR count). The van der Waals surface area contributed by atoms with Crippen molar-refractivity contribution in [2.24, 2.45) is 0 Å². The number of ether oxygens (including phenoxy) is 2. The number of thiazole rings is 1. The molecule has 2 amide bonds. The normalized spacial score (nSPS) is 17.6. The van der Waals surface area contributed by atoms with Gasteiger partial charge in [-0.05, 0) is 43.2 Å². The van der Waals surface area contributed by atoms with Gasteiger partial charge in [0.2, 0.25) is 0 Å². The van der Waals surface area contributed by atoms with E-state index in [-0.39, 0.29) is 36.1 Å². The van der Waals surface area contributed by atoms with Crippen LogP contribution in [-0.2, 0) is 6.61 Å². The number of hydrogen-bond acceptors (Lipinski definition) is 6. The van der Waals surface area contributed by atoms with Crippen molar-refractivity contribution in [2.45, 2.75) is 44.4 Å². The van der Waals surface area contributed by atoms with Gasteiger partial charge in [0.15, 0.2) is 11.5 Å². The predicted molar refractivity (Wildman–Crippen MR) is 127 cm³/mol. The van der Waals surface area contributed by atoms with Gasteiger partial charge in [0.05, 0.1) is 7.11 Å². The number of carbonyl (C=O) groups is 2. The molecule has 0 radical (unpaired) electrons. The molecular weight excluding hydrogens is 457 g/mol. The topological polar surface area (TPSA) is 89.6 Å². The zero-order chi connectivity index (χ0) is 23.9. The van der Waals surface area contributed by atoms with Crippen LogP contribution < -0.4 is 20.1 Å². The summed E-state index contributed by atoms with van der Waals surface area (Å²) in [6.45, 7) is 0.216. The Bertz CT molecular complexity index is 1150. The van der Waals surface area contributed by atoms with Gasteiger partial charge in [0, 0.05) is 23.0 Å². The van der Waals surface area contributed by atoms with Crippen LogP contribution in [0.15, 0.2) is 53.9 Å². The average Bonchev–Trinajstić information content (AvgIpc) is 3.33. The van der Waals surface area contributed by atoms with Crippen LogP contribution in [0.5, 0.6) is 11.5 Å². The summed E-state index contributed by atoms with van der Waals surface area (Å²) in [7, 11) is 1.58. The van der Waals surface area contributed by atoms with Crippen molar-refractivity contribution in [3.05, 3.63) is 76.0 Å². The monoisotopic (exact) mass is 483 g/mol. The van der Waals surface area contributed by atoms with Crippen molar-refractivity contribution >= 4 is 23.2 Å². The molecule has 1 aliphatic carbocycles. The van der Waals surface area contributed by atoms with E-state index >= 15 is 0 Å². The SMILES string of the molecule is COc1ccccc1OCc1nc(C(=O)N[C@@H]2CCCC[C@H]2NC(=O)c2cccc(F)c2)cs1. The molecule has 7 nitrogen and oxygen atoms in total. The first kappa shape index (κ1) is 23.7. The van der Waals surface area contributed by atoms with Crippen LogP contribution in [0.1, 0.15) is 51.5 Å². The smallest absolute Gasteiger partial charge is 0.271 e. The van der Waals surface area contributed by atoms with E-state index in [2.05, 4.69) is 15.6 Å². The lowest BCUT2D eigenvalue weighted by Gasteiger charge is -2.32. The number of benzene rings is 2. The Hall–Kier alpha value is -3.46. The second-order valence-corrected chi connectivity index (χ2v) is 8.96. The summed E-state index contributed by atoms with van der Waals surface area (Å²) < 4.78 is 24.5. The molecule has 0 bridgehead atoms. The zero-order valence-electron chi connectivity index (χ0n) is 18.8. The predicted octanol–water partition coefficient (Wildman–Crippen LogP) is 4.34. The molecule has 0 saturated heterocycles. The Morgan fingerprint density at radius 1 is 1.03 bits per heavy atom. The van der Waals surface area contributed by atoms with Gasteiger partial charge >= 0.3 is 0 Å². The highest BCUT2D eigenvalue weighted by molar-refractivity contribution is 7.09. The first-order valence-corrected chi connectivity index (χ1v) is 12.0. The van der Waals surface area contributed by atoms with Gasteiger partial charge < -0.3 is 20.1 Å². The van der Waals surface area contributed by atoms with Crippen molar-refractivity contribution in [2.75, 3.05) is 7.11 Å². The maximum atomic E-state index is 13.5. The van der Waals surface area contributed by atoms with Crippen LogP contribution in [0.4, 0.5) is 4.39 Å². The standard InChI is InChI=1S/C25H26FN3O4S/c1-32-21-11-4-5-12-22(21)33-14-23-27-20(15-34-23)25(31)29-19-10-3-2-9-18(19)28-24(30)16-7-6-8-17(26)13-16/h4-8,11-13,15,18-19H,2-3,9-10,14H2,1H3,(H,28,30)(H,29,31)/t18-,19-/m1/s1. The quantitative estimate of drug-likeness (QED) is 0.498. The molecule has 0 spiro atoms. The van der Waals surface area contributed by atoms with Crippen LogP contribution in [0.3, 0.4) is 0 Å². The molecular formula is C25H26FN3O4S. The molecule has 2 N–H and O–H groups in total. The number of halogens is 1. The van der Waals surface area contributed by atoms with E-state index in [4.69, 9.17) is 9.47 Å². The lowest BCUT2D eigenvalue weighted by atomic mass is 9.90. The summed E-state index contributed by atoms with van der Waals surface area (Å²) in [6.07, 6.45) is 3.38. The molecule has 1 saturated carbocycles. The summed E-state index contributed by atoms with van der Waals surface area (Å²) in [5.74, 6) is 0.118. The highest BCUT2D eigenvalue weighted by Gasteiger charge is 2.29. The van der Waals surface area contributed by atoms with Crippen LogP contribution in [-0.4, -0.2) is 36.0 Å². The number of rotatable bonds is 8. The number of methoxy groups -OCH3 is 1. The molecule has 1 aromatic heterocycles. The minimum Gasteiger partial charge on any atom is -0.493 e. The highest BCUT2D eigenvalue weighted by atomic mass is 32.1. The number of aromatic nitrogens is 1. The van der Waals surface area contributed by atoms with Crippen molar-refractivity contribution in [1.29, 1.82) is 0 Å². The van der Waals surface area contributed by atoms with Gasteiger partial charge in [-0.15, -0.1) is 11.3 Å². The molecule has 178 valence electrons. The maximum Gasteiger partial charge on any atom is 0.271 e. The molecule has 1 heterocycles. The highest BCUT2D eigenvalue weighted by Crippen LogP contribution is 2.27.